The van der Waals surface area contributed by atoms with Crippen LogP contribution in [-0.4, -0.2) is 24.8 Å². The summed E-state index contributed by atoms with van der Waals surface area (Å²) in [6, 6.07) is 10.0. The summed E-state index contributed by atoms with van der Waals surface area (Å²) >= 11 is 0. The number of guanidine groups is 1. The number of nitrogens with one attached hydrogen (secondary N) is 2. The lowest BCUT2D eigenvalue weighted by atomic mass is 10.1. The molecular formula is C19H29IN4O2. The Morgan fingerprint density at radius 1 is 1.23 bits per heavy atom. The van der Waals surface area contributed by atoms with Gasteiger partial charge >= 0.3 is 0 Å². The van der Waals surface area contributed by atoms with Crippen molar-refractivity contribution in [3.63, 3.8) is 0 Å². The third-order valence-electron chi connectivity index (χ3n) is 3.65. The Balaban J connectivity index is 0.00000338. The van der Waals surface area contributed by atoms with E-state index in [2.05, 4.69) is 47.6 Å². The highest BCUT2D eigenvalue weighted by molar-refractivity contribution is 14.0. The Kier molecular flexibility index (Phi) is 10.1. The summed E-state index contributed by atoms with van der Waals surface area (Å²) in [4.78, 5) is 4.23. The highest BCUT2D eigenvalue weighted by Gasteiger charge is 2.08. The molecule has 0 amide bonds. The van der Waals surface area contributed by atoms with Crippen LogP contribution >= 0.6 is 24.0 Å². The van der Waals surface area contributed by atoms with Gasteiger partial charge in [-0.05, 0) is 30.0 Å². The molecule has 0 radical (unpaired) electrons. The fourth-order valence-corrected chi connectivity index (χ4v) is 2.23. The number of ether oxygens (including phenoxy) is 1. The molecule has 1 aromatic heterocycles. The first kappa shape index (κ1) is 22.3. The Morgan fingerprint density at radius 3 is 2.65 bits per heavy atom. The van der Waals surface area contributed by atoms with E-state index in [-0.39, 0.29) is 24.0 Å². The molecule has 144 valence electrons. The molecule has 0 fully saturated rings. The number of rotatable bonds is 8. The predicted molar refractivity (Wildman–Crippen MR) is 115 cm³/mol. The maximum absolute atomic E-state index is 5.66. The van der Waals surface area contributed by atoms with Gasteiger partial charge in [0, 0.05) is 19.7 Å². The van der Waals surface area contributed by atoms with Gasteiger partial charge in [-0.25, -0.2) is 0 Å². The molecule has 6 nitrogen and oxygen atoms in total. The van der Waals surface area contributed by atoms with Gasteiger partial charge in [-0.2, -0.15) is 0 Å². The van der Waals surface area contributed by atoms with Gasteiger partial charge < -0.3 is 19.9 Å². The van der Waals surface area contributed by atoms with E-state index >= 15 is 0 Å². The summed E-state index contributed by atoms with van der Waals surface area (Å²) in [5.74, 6) is 2.76. The van der Waals surface area contributed by atoms with Crippen LogP contribution in [0.3, 0.4) is 0 Å². The van der Waals surface area contributed by atoms with Gasteiger partial charge in [0.1, 0.15) is 5.75 Å². The molecule has 0 bridgehead atoms. The van der Waals surface area contributed by atoms with Crippen molar-refractivity contribution in [1.29, 1.82) is 0 Å². The zero-order valence-corrected chi connectivity index (χ0v) is 18.2. The van der Waals surface area contributed by atoms with E-state index in [0.717, 1.165) is 35.8 Å². The average molecular weight is 472 g/mol. The normalized spacial score (nSPS) is 11.2. The molecule has 0 aliphatic heterocycles. The summed E-state index contributed by atoms with van der Waals surface area (Å²) in [5, 5.41) is 10.6. The Bertz CT molecular complexity index is 686. The van der Waals surface area contributed by atoms with Crippen molar-refractivity contribution in [3.05, 3.63) is 47.3 Å². The summed E-state index contributed by atoms with van der Waals surface area (Å²) in [7, 11) is 1.75. The van der Waals surface area contributed by atoms with E-state index in [1.165, 1.54) is 0 Å². The molecule has 0 spiro atoms. The maximum atomic E-state index is 5.66. The van der Waals surface area contributed by atoms with Gasteiger partial charge in [-0.3, -0.25) is 4.99 Å². The smallest absolute Gasteiger partial charge is 0.191 e. The zero-order valence-electron chi connectivity index (χ0n) is 15.9. The molecule has 0 aliphatic rings. The van der Waals surface area contributed by atoms with Crippen molar-refractivity contribution < 1.29 is 9.26 Å². The first-order valence-electron chi connectivity index (χ1n) is 8.74. The SMILES string of the molecule is CCCOc1cccc(CNC(=NC)NCc2cc(C(C)C)no2)c1.I. The van der Waals surface area contributed by atoms with Gasteiger partial charge in [-0.1, -0.05) is 38.1 Å². The van der Waals surface area contributed by atoms with Gasteiger partial charge in [0.05, 0.1) is 18.8 Å². The van der Waals surface area contributed by atoms with Gasteiger partial charge in [0.15, 0.2) is 11.7 Å². The number of benzene rings is 1. The Hall–Kier alpha value is -1.77. The van der Waals surface area contributed by atoms with Crippen LogP contribution in [0.25, 0.3) is 0 Å². The minimum atomic E-state index is 0. The molecule has 1 aromatic carbocycles. The van der Waals surface area contributed by atoms with Crippen molar-refractivity contribution in [2.45, 2.75) is 46.2 Å². The minimum absolute atomic E-state index is 0. The number of aromatic nitrogens is 1. The molecule has 2 rings (SSSR count). The van der Waals surface area contributed by atoms with E-state index < -0.39 is 0 Å². The van der Waals surface area contributed by atoms with Crippen LogP contribution in [0.2, 0.25) is 0 Å². The van der Waals surface area contributed by atoms with Crippen molar-refractivity contribution in [1.82, 2.24) is 15.8 Å². The molecule has 0 saturated carbocycles. The first-order valence-corrected chi connectivity index (χ1v) is 8.74. The van der Waals surface area contributed by atoms with Crippen molar-refractivity contribution in [2.24, 2.45) is 4.99 Å². The maximum Gasteiger partial charge on any atom is 0.191 e. The second-order valence-electron chi connectivity index (χ2n) is 6.15. The van der Waals surface area contributed by atoms with Gasteiger partial charge in [0.25, 0.3) is 0 Å². The van der Waals surface area contributed by atoms with Gasteiger partial charge in [-0.15, -0.1) is 24.0 Å². The Labute approximate surface area is 172 Å². The van der Waals surface area contributed by atoms with E-state index in [0.29, 0.717) is 25.0 Å². The lowest BCUT2D eigenvalue weighted by Crippen LogP contribution is -2.36. The second kappa shape index (κ2) is 11.8. The quantitative estimate of drug-likeness (QED) is 0.345. The van der Waals surface area contributed by atoms with Crippen LogP contribution in [0.15, 0.2) is 39.8 Å². The van der Waals surface area contributed by atoms with Crippen LogP contribution in [0.1, 0.15) is 50.1 Å². The highest BCUT2D eigenvalue weighted by Crippen LogP contribution is 2.14. The summed E-state index contributed by atoms with van der Waals surface area (Å²) < 4.78 is 11.0. The highest BCUT2D eigenvalue weighted by atomic mass is 127. The number of halogens is 1. The molecule has 0 aliphatic carbocycles. The molecular weight excluding hydrogens is 443 g/mol. The molecule has 1 heterocycles. The molecule has 7 heteroatoms. The lowest BCUT2D eigenvalue weighted by molar-refractivity contribution is 0.317. The predicted octanol–water partition coefficient (Wildman–Crippen LogP) is 4.07. The zero-order chi connectivity index (χ0) is 18.1. The lowest BCUT2D eigenvalue weighted by Gasteiger charge is -2.12. The van der Waals surface area contributed by atoms with Gasteiger partial charge in [0.2, 0.25) is 0 Å². The standard InChI is InChI=1S/C19H28N4O2.HI/c1-5-9-24-16-8-6-7-15(10-16)12-21-19(20-4)22-13-17-11-18(14(2)3)23-25-17;/h6-8,10-11,14H,5,9,12-13H2,1-4H3,(H2,20,21,22);1H. The van der Waals surface area contributed by atoms with Crippen molar-refractivity contribution in [2.75, 3.05) is 13.7 Å². The van der Waals surface area contributed by atoms with Crippen molar-refractivity contribution >= 4 is 29.9 Å². The van der Waals surface area contributed by atoms with Crippen LogP contribution in [0.5, 0.6) is 5.75 Å². The fourth-order valence-electron chi connectivity index (χ4n) is 2.23. The number of nitrogens with zero attached hydrogens (tertiary/aromatic N) is 2. The largest absolute Gasteiger partial charge is 0.494 e. The van der Waals surface area contributed by atoms with E-state index in [1.54, 1.807) is 7.05 Å². The first-order chi connectivity index (χ1) is 12.1. The van der Waals surface area contributed by atoms with Crippen LogP contribution in [0.4, 0.5) is 0 Å². The third-order valence-corrected chi connectivity index (χ3v) is 3.65. The van der Waals surface area contributed by atoms with Crippen LogP contribution in [0, 0.1) is 0 Å². The molecule has 0 atom stereocenters. The average Bonchev–Trinajstić information content (AvgIpc) is 3.10. The van der Waals surface area contributed by atoms with Crippen LogP contribution < -0.4 is 15.4 Å². The van der Waals surface area contributed by atoms with E-state index in [9.17, 15) is 0 Å². The van der Waals surface area contributed by atoms with Crippen LogP contribution in [-0.2, 0) is 13.1 Å². The monoisotopic (exact) mass is 472 g/mol. The minimum Gasteiger partial charge on any atom is -0.494 e. The third kappa shape index (κ3) is 7.23. The summed E-state index contributed by atoms with van der Waals surface area (Å²) in [6.07, 6.45) is 0.999. The van der Waals surface area contributed by atoms with E-state index in [1.807, 2.05) is 24.3 Å². The molecule has 26 heavy (non-hydrogen) atoms. The molecule has 0 unspecified atom stereocenters. The second-order valence-corrected chi connectivity index (χ2v) is 6.15. The topological polar surface area (TPSA) is 71.7 Å². The number of hydrogen-bond donors (Lipinski definition) is 2. The molecule has 2 N–H and O–H groups in total. The molecule has 2 aromatic rings. The number of hydrogen-bond acceptors (Lipinski definition) is 4. The molecule has 0 saturated heterocycles. The summed E-state index contributed by atoms with van der Waals surface area (Å²) in [6.45, 7) is 8.22. The number of aliphatic imine (C=N–C) groups is 1. The summed E-state index contributed by atoms with van der Waals surface area (Å²) in [5.41, 5.74) is 2.10. The Morgan fingerprint density at radius 2 is 2.00 bits per heavy atom. The van der Waals surface area contributed by atoms with Crippen molar-refractivity contribution in [3.8, 4) is 5.75 Å². The fraction of sp³-hybridized carbons (Fsp3) is 0.474. The van der Waals surface area contributed by atoms with E-state index in [4.69, 9.17) is 9.26 Å².